The molecule has 0 unspecified atom stereocenters. The van der Waals surface area contributed by atoms with Gasteiger partial charge in [0.25, 0.3) is 0 Å². The Bertz CT molecular complexity index is 553. The maximum Gasteiger partial charge on any atom is 0.357 e. The van der Waals surface area contributed by atoms with E-state index in [0.717, 1.165) is 19.4 Å². The third-order valence-corrected chi connectivity index (χ3v) is 2.59. The average Bonchev–Trinajstić information content (AvgIpc) is 2.92. The standard InChI is InChI=1S/C12H15N5O2/c1-2-3-4-13-9-7-8(11-14-5-6-15-11)10(12(18)19)17-16-9/h5-7H,2-4H2,1H3,(H,13,16)(H,14,15)(H,18,19). The highest BCUT2D eigenvalue weighted by atomic mass is 16.4. The van der Waals surface area contributed by atoms with E-state index in [-0.39, 0.29) is 5.69 Å². The largest absolute Gasteiger partial charge is 0.476 e. The second-order valence-electron chi connectivity index (χ2n) is 4.02. The van der Waals surface area contributed by atoms with Gasteiger partial charge in [-0.2, -0.15) is 0 Å². The number of rotatable bonds is 6. The fourth-order valence-corrected chi connectivity index (χ4v) is 1.62. The summed E-state index contributed by atoms with van der Waals surface area (Å²) in [5.41, 5.74) is 0.308. The van der Waals surface area contributed by atoms with Crippen molar-refractivity contribution in [3.63, 3.8) is 0 Å². The minimum atomic E-state index is -1.13. The van der Waals surface area contributed by atoms with Gasteiger partial charge in [-0.1, -0.05) is 13.3 Å². The van der Waals surface area contributed by atoms with Gasteiger partial charge >= 0.3 is 5.97 Å². The Labute approximate surface area is 110 Å². The molecule has 0 atom stereocenters. The summed E-state index contributed by atoms with van der Waals surface area (Å²) in [6.45, 7) is 2.87. The van der Waals surface area contributed by atoms with Gasteiger partial charge in [0.2, 0.25) is 0 Å². The Morgan fingerprint density at radius 1 is 1.47 bits per heavy atom. The molecule has 7 heteroatoms. The number of carboxylic acid groups (broad SMARTS) is 1. The first-order chi connectivity index (χ1) is 9.22. The fourth-order valence-electron chi connectivity index (χ4n) is 1.62. The Morgan fingerprint density at radius 2 is 2.32 bits per heavy atom. The molecule has 2 aromatic heterocycles. The zero-order valence-corrected chi connectivity index (χ0v) is 10.6. The number of hydrogen-bond acceptors (Lipinski definition) is 5. The smallest absolute Gasteiger partial charge is 0.357 e. The van der Waals surface area contributed by atoms with Crippen molar-refractivity contribution in [2.75, 3.05) is 11.9 Å². The van der Waals surface area contributed by atoms with Gasteiger partial charge in [0, 0.05) is 18.9 Å². The van der Waals surface area contributed by atoms with Gasteiger partial charge in [-0.25, -0.2) is 9.78 Å². The highest BCUT2D eigenvalue weighted by Crippen LogP contribution is 2.20. The summed E-state index contributed by atoms with van der Waals surface area (Å²) < 4.78 is 0. The molecule has 0 fully saturated rings. The first kappa shape index (κ1) is 13.0. The SMILES string of the molecule is CCCCNc1cc(-c2ncc[nH]2)c(C(=O)O)nn1. The Kier molecular flexibility index (Phi) is 4.07. The molecule has 0 aromatic carbocycles. The molecule has 0 aliphatic carbocycles. The molecule has 0 saturated heterocycles. The summed E-state index contributed by atoms with van der Waals surface area (Å²) in [7, 11) is 0. The lowest BCUT2D eigenvalue weighted by Gasteiger charge is -2.07. The van der Waals surface area contributed by atoms with Crippen molar-refractivity contribution in [3.05, 3.63) is 24.2 Å². The van der Waals surface area contributed by atoms with Crippen LogP contribution in [-0.4, -0.2) is 37.8 Å². The van der Waals surface area contributed by atoms with E-state index in [1.807, 2.05) is 0 Å². The second kappa shape index (κ2) is 5.94. The summed E-state index contributed by atoms with van der Waals surface area (Å²) in [6, 6.07) is 1.64. The van der Waals surface area contributed by atoms with Gasteiger partial charge in [0.1, 0.15) is 11.6 Å². The van der Waals surface area contributed by atoms with E-state index in [1.54, 1.807) is 18.5 Å². The predicted molar refractivity (Wildman–Crippen MR) is 70.0 cm³/mol. The molecule has 2 rings (SSSR count). The highest BCUT2D eigenvalue weighted by Gasteiger charge is 2.17. The summed E-state index contributed by atoms with van der Waals surface area (Å²) in [6.07, 6.45) is 5.27. The molecule has 2 heterocycles. The number of carboxylic acids is 1. The van der Waals surface area contributed by atoms with Crippen molar-refractivity contribution in [1.29, 1.82) is 0 Å². The Balaban J connectivity index is 2.31. The van der Waals surface area contributed by atoms with E-state index in [4.69, 9.17) is 5.11 Å². The topological polar surface area (TPSA) is 104 Å². The molecule has 0 spiro atoms. The second-order valence-corrected chi connectivity index (χ2v) is 4.02. The van der Waals surface area contributed by atoms with Crippen molar-refractivity contribution in [3.8, 4) is 11.4 Å². The number of hydrogen-bond donors (Lipinski definition) is 3. The molecule has 0 aliphatic rings. The summed E-state index contributed by atoms with van der Waals surface area (Å²) in [5.74, 6) is -0.116. The Morgan fingerprint density at radius 3 is 2.95 bits per heavy atom. The van der Waals surface area contributed by atoms with Crippen LogP contribution >= 0.6 is 0 Å². The lowest BCUT2D eigenvalue weighted by molar-refractivity contribution is 0.0690. The van der Waals surface area contributed by atoms with E-state index in [2.05, 4.69) is 32.4 Å². The van der Waals surface area contributed by atoms with Gasteiger partial charge < -0.3 is 15.4 Å². The summed E-state index contributed by atoms with van der Waals surface area (Å²) in [5, 5.41) is 19.8. The number of aromatic nitrogens is 4. The molecular weight excluding hydrogens is 246 g/mol. The van der Waals surface area contributed by atoms with Crippen molar-refractivity contribution in [2.24, 2.45) is 0 Å². The van der Waals surface area contributed by atoms with Crippen LogP contribution in [0.1, 0.15) is 30.3 Å². The maximum absolute atomic E-state index is 11.1. The first-order valence-electron chi connectivity index (χ1n) is 6.07. The van der Waals surface area contributed by atoms with E-state index in [9.17, 15) is 4.79 Å². The fraction of sp³-hybridized carbons (Fsp3) is 0.333. The van der Waals surface area contributed by atoms with Crippen LogP contribution in [0.15, 0.2) is 18.5 Å². The first-order valence-corrected chi connectivity index (χ1v) is 6.07. The van der Waals surface area contributed by atoms with Crippen LogP contribution in [0, 0.1) is 0 Å². The zero-order chi connectivity index (χ0) is 13.7. The third-order valence-electron chi connectivity index (χ3n) is 2.59. The van der Waals surface area contributed by atoms with Gasteiger partial charge in [-0.05, 0) is 12.5 Å². The van der Waals surface area contributed by atoms with E-state index in [1.165, 1.54) is 0 Å². The van der Waals surface area contributed by atoms with E-state index >= 15 is 0 Å². The number of unbranched alkanes of at least 4 members (excludes halogenated alkanes) is 1. The van der Waals surface area contributed by atoms with Crippen molar-refractivity contribution in [2.45, 2.75) is 19.8 Å². The molecule has 7 nitrogen and oxygen atoms in total. The lowest BCUT2D eigenvalue weighted by Crippen LogP contribution is -2.09. The van der Waals surface area contributed by atoms with Crippen molar-refractivity contribution < 1.29 is 9.90 Å². The number of aromatic carboxylic acids is 1. The molecule has 100 valence electrons. The lowest BCUT2D eigenvalue weighted by atomic mass is 10.2. The van der Waals surface area contributed by atoms with Crippen LogP contribution in [0.4, 0.5) is 5.82 Å². The Hall–Kier alpha value is -2.44. The minimum Gasteiger partial charge on any atom is -0.476 e. The van der Waals surface area contributed by atoms with Crippen LogP contribution in [0.2, 0.25) is 0 Å². The zero-order valence-electron chi connectivity index (χ0n) is 10.6. The summed E-state index contributed by atoms with van der Waals surface area (Å²) >= 11 is 0. The van der Waals surface area contributed by atoms with Crippen LogP contribution in [0.3, 0.4) is 0 Å². The van der Waals surface area contributed by atoms with Gasteiger partial charge in [-0.15, -0.1) is 10.2 Å². The molecule has 2 aromatic rings. The van der Waals surface area contributed by atoms with E-state index < -0.39 is 5.97 Å². The molecule has 0 bridgehead atoms. The van der Waals surface area contributed by atoms with Crippen molar-refractivity contribution >= 4 is 11.8 Å². The van der Waals surface area contributed by atoms with Crippen LogP contribution in [0.25, 0.3) is 11.4 Å². The number of imidazole rings is 1. The van der Waals surface area contributed by atoms with E-state index in [0.29, 0.717) is 17.2 Å². The predicted octanol–water partition coefficient (Wildman–Crippen LogP) is 1.78. The number of nitrogens with zero attached hydrogens (tertiary/aromatic N) is 3. The molecule has 19 heavy (non-hydrogen) atoms. The highest BCUT2D eigenvalue weighted by molar-refractivity contribution is 5.93. The number of aromatic amines is 1. The van der Waals surface area contributed by atoms with Gasteiger partial charge in [0.05, 0.1) is 5.56 Å². The van der Waals surface area contributed by atoms with Crippen LogP contribution in [-0.2, 0) is 0 Å². The quantitative estimate of drug-likeness (QED) is 0.685. The maximum atomic E-state index is 11.1. The van der Waals surface area contributed by atoms with Crippen LogP contribution < -0.4 is 5.32 Å². The van der Waals surface area contributed by atoms with Gasteiger partial charge in [0.15, 0.2) is 5.69 Å². The molecule has 0 aliphatic heterocycles. The normalized spacial score (nSPS) is 10.4. The summed E-state index contributed by atoms with van der Waals surface area (Å²) in [4.78, 5) is 18.0. The van der Waals surface area contributed by atoms with Crippen molar-refractivity contribution in [1.82, 2.24) is 20.2 Å². The van der Waals surface area contributed by atoms with Gasteiger partial charge in [-0.3, -0.25) is 0 Å². The molecule has 3 N–H and O–H groups in total. The van der Waals surface area contributed by atoms with Crippen LogP contribution in [0.5, 0.6) is 0 Å². The number of carbonyl (C=O) groups is 1. The third kappa shape index (κ3) is 3.06. The number of anilines is 1. The number of nitrogens with one attached hydrogen (secondary N) is 2. The monoisotopic (exact) mass is 261 g/mol. The molecule has 0 saturated carbocycles. The minimum absolute atomic E-state index is 0.115. The average molecular weight is 261 g/mol. The molecular formula is C12H15N5O2. The molecule has 0 radical (unpaired) electrons. The molecule has 0 amide bonds. The number of H-pyrrole nitrogens is 1.